The fourth-order valence-electron chi connectivity index (χ4n) is 3.69. The maximum Gasteiger partial charge on any atom is 0.407 e. The molecule has 1 aliphatic rings. The van der Waals surface area contributed by atoms with Gasteiger partial charge in [0.1, 0.15) is 6.17 Å². The van der Waals surface area contributed by atoms with Crippen molar-refractivity contribution in [1.29, 1.82) is 5.26 Å². The van der Waals surface area contributed by atoms with Gasteiger partial charge in [-0.15, -0.1) is 0 Å². The lowest BCUT2D eigenvalue weighted by atomic mass is 9.94. The second-order valence-electron chi connectivity index (χ2n) is 7.96. The molecule has 0 bridgehead atoms. The van der Waals surface area contributed by atoms with Crippen LogP contribution in [-0.2, 0) is 6.42 Å². The van der Waals surface area contributed by atoms with E-state index in [1.165, 1.54) is 11.1 Å². The van der Waals surface area contributed by atoms with E-state index in [0.29, 0.717) is 36.1 Å². The largest absolute Gasteiger partial charge is 0.465 e. The number of nitrogens with zero attached hydrogens (tertiary/aromatic N) is 5. The maximum absolute atomic E-state index is 11.2. The van der Waals surface area contributed by atoms with Gasteiger partial charge in [-0.25, -0.2) is 4.79 Å². The minimum atomic E-state index is -0.970. The number of hydrazone groups is 1. The molecule has 0 aromatic heterocycles. The van der Waals surface area contributed by atoms with Gasteiger partial charge in [-0.05, 0) is 48.2 Å². The van der Waals surface area contributed by atoms with E-state index in [4.69, 9.17) is 33.6 Å². The first-order valence-electron chi connectivity index (χ1n) is 10.8. The molecule has 1 aliphatic heterocycles. The molecule has 0 saturated carbocycles. The van der Waals surface area contributed by atoms with Crippen LogP contribution in [-0.4, -0.2) is 65.9 Å². The number of carbonyl (C=O) groups is 1. The molecule has 0 radical (unpaired) electrons. The topological polar surface area (TPSA) is 104 Å². The van der Waals surface area contributed by atoms with Gasteiger partial charge in [0.2, 0.25) is 6.19 Å². The van der Waals surface area contributed by atoms with E-state index >= 15 is 0 Å². The number of aliphatic imine (C=N–C) groups is 1. The van der Waals surface area contributed by atoms with Crippen molar-refractivity contribution in [2.24, 2.45) is 16.0 Å². The molecule has 10 heteroatoms. The number of halogens is 2. The van der Waals surface area contributed by atoms with Crippen LogP contribution in [0.2, 0.25) is 10.0 Å². The number of hydrogen-bond acceptors (Lipinski definition) is 6. The summed E-state index contributed by atoms with van der Waals surface area (Å²) in [6, 6.07) is 15.1. The third-order valence-corrected chi connectivity index (χ3v) is 6.09. The van der Waals surface area contributed by atoms with Crippen LogP contribution < -0.4 is 5.32 Å². The SMILES string of the molecule is CN(CCC1CN(C(C=NC#N)NCCc2ccc(Cl)cc2)N=C1c1ccc(Cl)cc1)C(=O)O. The molecule has 8 nitrogen and oxygen atoms in total. The molecule has 1 heterocycles. The van der Waals surface area contributed by atoms with Crippen LogP contribution >= 0.6 is 23.2 Å². The van der Waals surface area contributed by atoms with Crippen molar-refractivity contribution in [1.82, 2.24) is 15.2 Å². The highest BCUT2D eigenvalue weighted by atomic mass is 35.5. The number of nitrogens with one attached hydrogen (secondary N) is 1. The zero-order valence-electron chi connectivity index (χ0n) is 18.7. The van der Waals surface area contributed by atoms with Crippen LogP contribution in [0.15, 0.2) is 58.6 Å². The molecule has 0 fully saturated rings. The summed E-state index contributed by atoms with van der Waals surface area (Å²) in [5.41, 5.74) is 2.91. The van der Waals surface area contributed by atoms with E-state index in [1.807, 2.05) is 53.5 Å². The summed E-state index contributed by atoms with van der Waals surface area (Å²) in [6.45, 7) is 1.57. The van der Waals surface area contributed by atoms with E-state index in [0.717, 1.165) is 23.3 Å². The summed E-state index contributed by atoms with van der Waals surface area (Å²) >= 11 is 12.0. The first-order chi connectivity index (χ1) is 16.4. The second kappa shape index (κ2) is 12.4. The molecule has 2 N–H and O–H groups in total. The summed E-state index contributed by atoms with van der Waals surface area (Å²) in [4.78, 5) is 16.3. The third-order valence-electron chi connectivity index (χ3n) is 5.58. The summed E-state index contributed by atoms with van der Waals surface area (Å²) in [5, 5.41) is 29.6. The van der Waals surface area contributed by atoms with Crippen molar-refractivity contribution >= 4 is 41.2 Å². The Morgan fingerprint density at radius 3 is 2.56 bits per heavy atom. The predicted molar refractivity (Wildman–Crippen MR) is 135 cm³/mol. The van der Waals surface area contributed by atoms with Gasteiger partial charge in [0.25, 0.3) is 0 Å². The van der Waals surface area contributed by atoms with Crippen molar-refractivity contribution < 1.29 is 9.90 Å². The van der Waals surface area contributed by atoms with Crippen molar-refractivity contribution in [3.8, 4) is 6.19 Å². The fourth-order valence-corrected chi connectivity index (χ4v) is 3.94. The predicted octanol–water partition coefficient (Wildman–Crippen LogP) is 4.34. The monoisotopic (exact) mass is 500 g/mol. The normalized spacial score (nSPS) is 16.4. The smallest absolute Gasteiger partial charge is 0.407 e. The lowest BCUT2D eigenvalue weighted by molar-refractivity contribution is 0.153. The van der Waals surface area contributed by atoms with Crippen LogP contribution in [0.5, 0.6) is 0 Å². The number of amides is 1. The Hall–Kier alpha value is -3.12. The van der Waals surface area contributed by atoms with Crippen LogP contribution in [0.4, 0.5) is 4.79 Å². The summed E-state index contributed by atoms with van der Waals surface area (Å²) in [5.74, 6) is -0.000901. The zero-order valence-corrected chi connectivity index (χ0v) is 20.2. The number of carboxylic acid groups (broad SMARTS) is 1. The van der Waals surface area contributed by atoms with Crippen molar-refractivity contribution in [2.45, 2.75) is 19.0 Å². The van der Waals surface area contributed by atoms with Gasteiger partial charge < -0.3 is 10.0 Å². The first kappa shape index (κ1) is 25.5. The van der Waals surface area contributed by atoms with Gasteiger partial charge >= 0.3 is 6.09 Å². The molecule has 1 amide bonds. The average molecular weight is 501 g/mol. The van der Waals surface area contributed by atoms with E-state index in [9.17, 15) is 9.90 Å². The number of rotatable bonds is 10. The van der Waals surface area contributed by atoms with Crippen molar-refractivity contribution in [3.05, 3.63) is 69.7 Å². The Balaban J connectivity index is 1.76. The van der Waals surface area contributed by atoms with Gasteiger partial charge in [-0.3, -0.25) is 10.3 Å². The molecule has 2 aromatic carbocycles. The second-order valence-corrected chi connectivity index (χ2v) is 8.83. The summed E-state index contributed by atoms with van der Waals surface area (Å²) in [6.07, 6.45) is 3.35. The molecule has 34 heavy (non-hydrogen) atoms. The first-order valence-corrected chi connectivity index (χ1v) is 11.6. The van der Waals surface area contributed by atoms with Crippen LogP contribution in [0.25, 0.3) is 0 Å². The van der Waals surface area contributed by atoms with E-state index < -0.39 is 12.3 Å². The highest BCUT2D eigenvalue weighted by molar-refractivity contribution is 6.30. The van der Waals surface area contributed by atoms with Crippen LogP contribution in [0.3, 0.4) is 0 Å². The van der Waals surface area contributed by atoms with E-state index in [1.54, 1.807) is 13.2 Å². The number of benzene rings is 2. The average Bonchev–Trinajstić information content (AvgIpc) is 3.25. The molecule has 3 rings (SSSR count). The van der Waals surface area contributed by atoms with Gasteiger partial charge in [-0.1, -0.05) is 47.5 Å². The zero-order chi connectivity index (χ0) is 24.5. The van der Waals surface area contributed by atoms with Crippen molar-refractivity contribution in [3.63, 3.8) is 0 Å². The van der Waals surface area contributed by atoms with E-state index in [2.05, 4.69) is 10.3 Å². The third kappa shape index (κ3) is 7.19. The molecular formula is C24H26Cl2N6O2. The Morgan fingerprint density at radius 1 is 1.29 bits per heavy atom. The van der Waals surface area contributed by atoms with Crippen LogP contribution in [0, 0.1) is 17.4 Å². The van der Waals surface area contributed by atoms with Gasteiger partial charge in [0.05, 0.1) is 11.9 Å². The highest BCUT2D eigenvalue weighted by Gasteiger charge is 2.31. The molecule has 2 unspecified atom stereocenters. The quantitative estimate of drug-likeness (QED) is 0.372. The lowest BCUT2D eigenvalue weighted by Crippen LogP contribution is -2.45. The van der Waals surface area contributed by atoms with Crippen molar-refractivity contribution in [2.75, 3.05) is 26.7 Å². The number of hydrogen-bond donors (Lipinski definition) is 2. The maximum atomic E-state index is 11.2. The Morgan fingerprint density at radius 2 is 1.94 bits per heavy atom. The standard InChI is InChI=1S/C24H26Cl2N6O2/c1-31(24(33)34)13-11-19-15-32(30-23(19)18-4-8-21(26)9-5-18)22(14-28-16-27)29-12-10-17-2-6-20(25)7-3-17/h2-9,14,19,22,29H,10-13,15H2,1H3,(H,33,34). The minimum absolute atomic E-state index is 0.000901. The van der Waals surface area contributed by atoms with Crippen LogP contribution in [0.1, 0.15) is 17.5 Å². The van der Waals surface area contributed by atoms with Gasteiger partial charge in [0, 0.05) is 42.6 Å². The molecular weight excluding hydrogens is 475 g/mol. The Kier molecular flexibility index (Phi) is 9.28. The minimum Gasteiger partial charge on any atom is -0.465 e. The molecule has 0 spiro atoms. The molecule has 2 aromatic rings. The molecule has 2 atom stereocenters. The molecule has 178 valence electrons. The number of nitriles is 1. The molecule has 0 aliphatic carbocycles. The summed E-state index contributed by atoms with van der Waals surface area (Å²) < 4.78 is 0. The molecule has 0 saturated heterocycles. The van der Waals surface area contributed by atoms with Gasteiger partial charge in [0.15, 0.2) is 0 Å². The Bertz CT molecular complexity index is 1070. The fraction of sp³-hybridized carbons (Fsp3) is 0.333. The summed E-state index contributed by atoms with van der Waals surface area (Å²) in [7, 11) is 1.55. The van der Waals surface area contributed by atoms with Gasteiger partial charge in [-0.2, -0.15) is 15.4 Å². The Labute approximate surface area is 209 Å². The van der Waals surface area contributed by atoms with E-state index in [-0.39, 0.29) is 5.92 Å². The lowest BCUT2D eigenvalue weighted by Gasteiger charge is -2.25. The highest BCUT2D eigenvalue weighted by Crippen LogP contribution is 2.25.